The first-order valence-electron chi connectivity index (χ1n) is 4.29. The third-order valence-corrected chi connectivity index (χ3v) is 3.05. The van der Waals surface area contributed by atoms with Crippen LogP contribution in [0.2, 0.25) is 0 Å². The zero-order valence-corrected chi connectivity index (χ0v) is 8.06. The van der Waals surface area contributed by atoms with Gasteiger partial charge >= 0.3 is 0 Å². The topological polar surface area (TPSA) is 49.3 Å². The molecule has 12 heavy (non-hydrogen) atoms. The SMILES string of the molecule is CCCC(=O)NC1CSCC1O. The van der Waals surface area contributed by atoms with Crippen LogP contribution in [0.4, 0.5) is 0 Å². The third kappa shape index (κ3) is 2.68. The fraction of sp³-hybridized carbons (Fsp3) is 0.875. The van der Waals surface area contributed by atoms with E-state index in [2.05, 4.69) is 5.32 Å². The Hall–Kier alpha value is -0.220. The first kappa shape index (κ1) is 9.86. The Kier molecular flexibility index (Phi) is 3.88. The van der Waals surface area contributed by atoms with E-state index in [9.17, 15) is 9.90 Å². The molecule has 0 spiro atoms. The van der Waals surface area contributed by atoms with E-state index in [4.69, 9.17) is 0 Å². The maximum atomic E-state index is 11.1. The monoisotopic (exact) mass is 189 g/mol. The normalized spacial score (nSPS) is 28.8. The van der Waals surface area contributed by atoms with E-state index in [0.717, 1.165) is 17.9 Å². The molecule has 1 heterocycles. The smallest absolute Gasteiger partial charge is 0.220 e. The molecule has 1 rings (SSSR count). The Bertz CT molecular complexity index is 163. The molecule has 1 aliphatic heterocycles. The van der Waals surface area contributed by atoms with E-state index in [1.165, 1.54) is 0 Å². The van der Waals surface area contributed by atoms with Gasteiger partial charge in [0.2, 0.25) is 5.91 Å². The molecule has 1 saturated heterocycles. The van der Waals surface area contributed by atoms with Crippen LogP contribution in [-0.4, -0.2) is 34.7 Å². The third-order valence-electron chi connectivity index (χ3n) is 1.87. The van der Waals surface area contributed by atoms with Gasteiger partial charge in [-0.05, 0) is 6.42 Å². The van der Waals surface area contributed by atoms with E-state index in [-0.39, 0.29) is 18.1 Å². The van der Waals surface area contributed by atoms with Gasteiger partial charge in [0, 0.05) is 17.9 Å². The van der Waals surface area contributed by atoms with Gasteiger partial charge in [-0.3, -0.25) is 4.79 Å². The van der Waals surface area contributed by atoms with Crippen LogP contribution in [0.15, 0.2) is 0 Å². The first-order chi connectivity index (χ1) is 5.74. The van der Waals surface area contributed by atoms with Crippen LogP contribution in [0, 0.1) is 0 Å². The summed E-state index contributed by atoms with van der Waals surface area (Å²) < 4.78 is 0. The van der Waals surface area contributed by atoms with Gasteiger partial charge in [-0.1, -0.05) is 6.92 Å². The molecule has 0 aromatic carbocycles. The van der Waals surface area contributed by atoms with Crippen molar-refractivity contribution < 1.29 is 9.90 Å². The summed E-state index contributed by atoms with van der Waals surface area (Å²) in [6.07, 6.45) is 1.08. The lowest BCUT2D eigenvalue weighted by molar-refractivity contribution is -0.122. The number of thioether (sulfide) groups is 1. The predicted molar refractivity (Wildman–Crippen MR) is 50.2 cm³/mol. The van der Waals surface area contributed by atoms with Crippen molar-refractivity contribution in [2.75, 3.05) is 11.5 Å². The van der Waals surface area contributed by atoms with Crippen molar-refractivity contribution in [1.82, 2.24) is 5.32 Å². The van der Waals surface area contributed by atoms with Gasteiger partial charge in [0.1, 0.15) is 0 Å². The fourth-order valence-corrected chi connectivity index (χ4v) is 2.36. The molecular weight excluding hydrogens is 174 g/mol. The summed E-state index contributed by atoms with van der Waals surface area (Å²) >= 11 is 1.69. The van der Waals surface area contributed by atoms with Crippen LogP contribution in [0.25, 0.3) is 0 Å². The molecule has 1 amide bonds. The quantitative estimate of drug-likeness (QED) is 0.675. The van der Waals surface area contributed by atoms with Gasteiger partial charge in [0.25, 0.3) is 0 Å². The molecule has 0 aromatic rings. The molecule has 0 bridgehead atoms. The average Bonchev–Trinajstić information content (AvgIpc) is 2.37. The van der Waals surface area contributed by atoms with Gasteiger partial charge < -0.3 is 10.4 Å². The van der Waals surface area contributed by atoms with E-state index >= 15 is 0 Å². The van der Waals surface area contributed by atoms with Gasteiger partial charge in [0.05, 0.1) is 12.1 Å². The van der Waals surface area contributed by atoms with Crippen molar-refractivity contribution in [2.24, 2.45) is 0 Å². The second-order valence-corrected chi connectivity index (χ2v) is 4.10. The van der Waals surface area contributed by atoms with Crippen molar-refractivity contribution in [3.63, 3.8) is 0 Å². The minimum atomic E-state index is -0.351. The number of amides is 1. The molecule has 0 aromatic heterocycles. The Morgan fingerprint density at radius 1 is 1.67 bits per heavy atom. The zero-order valence-electron chi connectivity index (χ0n) is 7.25. The Morgan fingerprint density at radius 3 is 2.92 bits per heavy atom. The highest BCUT2D eigenvalue weighted by Crippen LogP contribution is 2.17. The summed E-state index contributed by atoms with van der Waals surface area (Å²) in [6, 6.07) is -0.0194. The van der Waals surface area contributed by atoms with Crippen molar-refractivity contribution in [2.45, 2.75) is 31.9 Å². The minimum absolute atomic E-state index is 0.0194. The zero-order chi connectivity index (χ0) is 8.97. The Labute approximate surface area is 76.9 Å². The van der Waals surface area contributed by atoms with Crippen LogP contribution < -0.4 is 5.32 Å². The number of aliphatic hydroxyl groups excluding tert-OH is 1. The molecule has 2 atom stereocenters. The lowest BCUT2D eigenvalue weighted by atomic mass is 10.2. The van der Waals surface area contributed by atoms with Crippen LogP contribution in [-0.2, 0) is 4.79 Å². The number of carbonyl (C=O) groups excluding carboxylic acids is 1. The number of hydrogen-bond donors (Lipinski definition) is 2. The lowest BCUT2D eigenvalue weighted by Crippen LogP contribution is -2.42. The maximum Gasteiger partial charge on any atom is 0.220 e. The number of nitrogens with one attached hydrogen (secondary N) is 1. The van der Waals surface area contributed by atoms with Crippen molar-refractivity contribution in [3.8, 4) is 0 Å². The molecule has 2 N–H and O–H groups in total. The summed E-state index contributed by atoms with van der Waals surface area (Å²) in [5, 5.41) is 12.2. The second-order valence-electron chi connectivity index (χ2n) is 3.03. The molecule has 2 unspecified atom stereocenters. The van der Waals surface area contributed by atoms with E-state index in [1.54, 1.807) is 11.8 Å². The largest absolute Gasteiger partial charge is 0.390 e. The first-order valence-corrected chi connectivity index (χ1v) is 5.44. The van der Waals surface area contributed by atoms with E-state index in [1.807, 2.05) is 6.92 Å². The summed E-state index contributed by atoms with van der Waals surface area (Å²) in [6.45, 7) is 1.97. The number of rotatable bonds is 3. The highest BCUT2D eigenvalue weighted by atomic mass is 32.2. The second kappa shape index (κ2) is 4.72. The summed E-state index contributed by atoms with van der Waals surface area (Å²) in [7, 11) is 0. The lowest BCUT2D eigenvalue weighted by Gasteiger charge is -2.14. The predicted octanol–water partition coefficient (Wildman–Crippen LogP) is 0.379. The summed E-state index contributed by atoms with van der Waals surface area (Å²) in [5.41, 5.74) is 0. The molecule has 0 aliphatic carbocycles. The maximum absolute atomic E-state index is 11.1. The number of aliphatic hydroxyl groups is 1. The standard InChI is InChI=1S/C8H15NO2S/c1-2-3-8(11)9-6-4-12-5-7(6)10/h6-7,10H,2-5H2,1H3,(H,9,11). The molecule has 70 valence electrons. The highest BCUT2D eigenvalue weighted by Gasteiger charge is 2.26. The van der Waals surface area contributed by atoms with Gasteiger partial charge in [-0.25, -0.2) is 0 Å². The number of carbonyl (C=O) groups is 1. The molecule has 0 saturated carbocycles. The highest BCUT2D eigenvalue weighted by molar-refractivity contribution is 7.99. The Balaban J connectivity index is 2.25. The van der Waals surface area contributed by atoms with Crippen molar-refractivity contribution in [3.05, 3.63) is 0 Å². The molecule has 1 fully saturated rings. The van der Waals surface area contributed by atoms with Gasteiger partial charge in [0.15, 0.2) is 0 Å². The number of hydrogen-bond acceptors (Lipinski definition) is 3. The molecule has 3 nitrogen and oxygen atoms in total. The minimum Gasteiger partial charge on any atom is -0.390 e. The molecule has 4 heteroatoms. The van der Waals surface area contributed by atoms with Crippen molar-refractivity contribution in [1.29, 1.82) is 0 Å². The van der Waals surface area contributed by atoms with Crippen molar-refractivity contribution >= 4 is 17.7 Å². The van der Waals surface area contributed by atoms with Gasteiger partial charge in [-0.15, -0.1) is 0 Å². The van der Waals surface area contributed by atoms with Crippen LogP contribution >= 0.6 is 11.8 Å². The summed E-state index contributed by atoms with van der Waals surface area (Å²) in [4.78, 5) is 11.1. The Morgan fingerprint density at radius 2 is 2.42 bits per heavy atom. The van der Waals surface area contributed by atoms with E-state index < -0.39 is 0 Å². The summed E-state index contributed by atoms with van der Waals surface area (Å²) in [5.74, 6) is 1.65. The molecular formula is C8H15NO2S. The molecule has 0 radical (unpaired) electrons. The molecule has 1 aliphatic rings. The van der Waals surface area contributed by atoms with Crippen LogP contribution in [0.3, 0.4) is 0 Å². The van der Waals surface area contributed by atoms with Crippen LogP contribution in [0.1, 0.15) is 19.8 Å². The van der Waals surface area contributed by atoms with E-state index in [0.29, 0.717) is 6.42 Å². The van der Waals surface area contributed by atoms with Gasteiger partial charge in [-0.2, -0.15) is 11.8 Å². The van der Waals surface area contributed by atoms with Crippen LogP contribution in [0.5, 0.6) is 0 Å². The average molecular weight is 189 g/mol. The fourth-order valence-electron chi connectivity index (χ4n) is 1.19.